The van der Waals surface area contributed by atoms with E-state index in [1.807, 2.05) is 43.3 Å². The summed E-state index contributed by atoms with van der Waals surface area (Å²) in [7, 11) is 0. The summed E-state index contributed by atoms with van der Waals surface area (Å²) in [5.41, 5.74) is 8.45. The number of nitrogens with one attached hydrogen (secondary N) is 3. The van der Waals surface area contributed by atoms with Gasteiger partial charge in [-0.1, -0.05) is 43.0 Å². The first-order chi connectivity index (χ1) is 16.0. The number of para-hydroxylation sites is 2. The largest absolute Gasteiger partial charge is 0.342 e. The summed E-state index contributed by atoms with van der Waals surface area (Å²) in [5, 5.41) is 0.850. The van der Waals surface area contributed by atoms with Gasteiger partial charge in [-0.05, 0) is 42.7 Å². The smallest absolute Gasteiger partial charge is 0.269 e. The van der Waals surface area contributed by atoms with Crippen molar-refractivity contribution in [2.75, 3.05) is 13.1 Å². The quantitative estimate of drug-likeness (QED) is 0.383. The van der Waals surface area contributed by atoms with Crippen molar-refractivity contribution < 1.29 is 14.4 Å². The van der Waals surface area contributed by atoms with Crippen molar-refractivity contribution in [2.24, 2.45) is 5.92 Å². The maximum Gasteiger partial charge on any atom is 0.269 e. The van der Waals surface area contributed by atoms with Gasteiger partial charge < -0.3 is 9.88 Å². The number of aromatic nitrogens is 2. The number of H-pyrrole nitrogens is 1. The number of aromatic amines is 1. The Morgan fingerprint density at radius 1 is 1.12 bits per heavy atom. The van der Waals surface area contributed by atoms with Gasteiger partial charge >= 0.3 is 0 Å². The van der Waals surface area contributed by atoms with Crippen LogP contribution in [0.4, 0.5) is 0 Å². The van der Waals surface area contributed by atoms with Gasteiger partial charge in [-0.3, -0.25) is 25.2 Å². The van der Waals surface area contributed by atoms with Crippen LogP contribution in [-0.2, 0) is 15.3 Å². The molecule has 4 rings (SSSR count). The average Bonchev–Trinajstić information content (AvgIpc) is 3.29. The molecule has 1 unspecified atom stereocenters. The number of carbonyl (C=O) groups is 3. The molecule has 1 aliphatic rings. The fourth-order valence-corrected chi connectivity index (χ4v) is 4.68. The minimum Gasteiger partial charge on any atom is -0.342 e. The molecule has 0 saturated carbocycles. The number of nitrogens with zero attached hydrogens (tertiary/aromatic N) is 2. The molecule has 2 aromatic carbocycles. The summed E-state index contributed by atoms with van der Waals surface area (Å²) in [4.78, 5) is 46.3. The number of carbonyl (C=O) groups excluding carboxylic acids is 3. The van der Waals surface area contributed by atoms with E-state index in [1.165, 1.54) is 0 Å². The van der Waals surface area contributed by atoms with E-state index in [-0.39, 0.29) is 23.6 Å². The summed E-state index contributed by atoms with van der Waals surface area (Å²) in [6.45, 7) is 2.89. The Hall–Kier alpha value is -3.33. The molecule has 172 valence electrons. The molecule has 1 saturated heterocycles. The first-order valence-electron chi connectivity index (χ1n) is 11.1. The van der Waals surface area contributed by atoms with Crippen molar-refractivity contribution >= 4 is 40.5 Å². The van der Waals surface area contributed by atoms with Crippen LogP contribution in [-0.4, -0.2) is 45.7 Å². The van der Waals surface area contributed by atoms with Gasteiger partial charge in [-0.15, -0.1) is 0 Å². The van der Waals surface area contributed by atoms with Gasteiger partial charge in [0.1, 0.15) is 0 Å². The van der Waals surface area contributed by atoms with Crippen LogP contribution in [0.25, 0.3) is 11.0 Å². The van der Waals surface area contributed by atoms with E-state index in [0.717, 1.165) is 28.2 Å². The maximum atomic E-state index is 12.5. The van der Waals surface area contributed by atoms with E-state index in [4.69, 9.17) is 0 Å². The highest BCUT2D eigenvalue weighted by atomic mass is 32.2. The molecule has 0 radical (unpaired) electrons. The Bertz CT molecular complexity index is 1110. The van der Waals surface area contributed by atoms with Crippen LogP contribution < -0.4 is 10.9 Å². The molecule has 1 aliphatic heterocycles. The van der Waals surface area contributed by atoms with Gasteiger partial charge in [-0.25, -0.2) is 4.98 Å². The Labute approximate surface area is 196 Å². The molecule has 1 fully saturated rings. The van der Waals surface area contributed by atoms with Gasteiger partial charge in [0.05, 0.1) is 17.0 Å². The van der Waals surface area contributed by atoms with Crippen LogP contribution >= 0.6 is 11.8 Å². The standard InChI is InChI=1S/C24H27N5O3S/c1-2-21(30)29-13-5-6-18(14-29)23(32)28-27-22(31)17-11-9-16(10-12-17)15-33-24-25-19-7-3-4-8-20(19)26-24/h3-4,7-12,18H,2,5-6,13-15H2,1H3,(H,25,26)(H,27,31)(H,28,32). The van der Waals surface area contributed by atoms with Gasteiger partial charge in [-0.2, -0.15) is 0 Å². The minimum absolute atomic E-state index is 0.0510. The van der Waals surface area contributed by atoms with Crippen LogP contribution in [0.5, 0.6) is 0 Å². The molecule has 8 nitrogen and oxygen atoms in total. The molecule has 0 bridgehead atoms. The molecule has 9 heteroatoms. The highest BCUT2D eigenvalue weighted by molar-refractivity contribution is 7.98. The number of fused-ring (bicyclic) bond motifs is 1. The summed E-state index contributed by atoms with van der Waals surface area (Å²) < 4.78 is 0. The predicted molar refractivity (Wildman–Crippen MR) is 127 cm³/mol. The monoisotopic (exact) mass is 465 g/mol. The van der Waals surface area contributed by atoms with Crippen molar-refractivity contribution in [3.63, 3.8) is 0 Å². The fourth-order valence-electron chi connectivity index (χ4n) is 3.84. The number of rotatable bonds is 6. The lowest BCUT2D eigenvalue weighted by Crippen LogP contribution is -2.49. The van der Waals surface area contributed by atoms with Crippen LogP contribution in [0, 0.1) is 5.92 Å². The third-order valence-corrected chi connectivity index (χ3v) is 6.65. The van der Waals surface area contributed by atoms with Crippen LogP contribution in [0.2, 0.25) is 0 Å². The number of imidazole rings is 1. The summed E-state index contributed by atoms with van der Waals surface area (Å²) >= 11 is 1.60. The van der Waals surface area contributed by atoms with Gasteiger partial charge in [0.2, 0.25) is 11.8 Å². The van der Waals surface area contributed by atoms with Crippen molar-refractivity contribution in [3.8, 4) is 0 Å². The zero-order chi connectivity index (χ0) is 23.2. The van der Waals surface area contributed by atoms with Gasteiger partial charge in [0, 0.05) is 30.8 Å². The minimum atomic E-state index is -0.378. The third kappa shape index (κ3) is 5.73. The lowest BCUT2D eigenvalue weighted by atomic mass is 9.97. The normalized spacial score (nSPS) is 15.9. The van der Waals surface area contributed by atoms with Crippen LogP contribution in [0.15, 0.2) is 53.7 Å². The second-order valence-electron chi connectivity index (χ2n) is 8.02. The van der Waals surface area contributed by atoms with E-state index in [1.54, 1.807) is 28.8 Å². The molecule has 0 aliphatic carbocycles. The number of hydrogen-bond acceptors (Lipinski definition) is 5. The molecule has 3 aromatic rings. The highest BCUT2D eigenvalue weighted by Crippen LogP contribution is 2.23. The molecule has 0 spiro atoms. The summed E-state index contributed by atoms with van der Waals surface area (Å²) in [6, 6.07) is 15.1. The maximum absolute atomic E-state index is 12.5. The number of amides is 3. The molecule has 3 N–H and O–H groups in total. The van der Waals surface area contributed by atoms with Crippen LogP contribution in [0.1, 0.15) is 42.1 Å². The second-order valence-corrected chi connectivity index (χ2v) is 8.98. The number of piperidine rings is 1. The number of thioether (sulfide) groups is 1. The second kappa shape index (κ2) is 10.5. The first-order valence-corrected chi connectivity index (χ1v) is 12.1. The predicted octanol–water partition coefficient (Wildman–Crippen LogP) is 3.26. The van der Waals surface area contributed by atoms with E-state index in [0.29, 0.717) is 37.2 Å². The van der Waals surface area contributed by atoms with Crippen molar-refractivity contribution in [1.29, 1.82) is 0 Å². The SMILES string of the molecule is CCC(=O)N1CCCC(C(=O)NNC(=O)c2ccc(CSc3nc4ccccc4[nH]3)cc2)C1. The van der Waals surface area contributed by atoms with Crippen molar-refractivity contribution in [3.05, 3.63) is 59.7 Å². The van der Waals surface area contributed by atoms with Gasteiger partial charge in [0.25, 0.3) is 5.91 Å². The zero-order valence-electron chi connectivity index (χ0n) is 18.5. The third-order valence-electron chi connectivity index (χ3n) is 5.71. The Balaban J connectivity index is 1.25. The lowest BCUT2D eigenvalue weighted by molar-refractivity contribution is -0.135. The van der Waals surface area contributed by atoms with E-state index < -0.39 is 0 Å². The van der Waals surface area contributed by atoms with E-state index in [2.05, 4.69) is 20.8 Å². The van der Waals surface area contributed by atoms with E-state index >= 15 is 0 Å². The number of hydrazine groups is 1. The fraction of sp³-hybridized carbons (Fsp3) is 0.333. The number of hydrogen-bond donors (Lipinski definition) is 3. The first kappa shape index (κ1) is 22.8. The Kier molecular flexibility index (Phi) is 7.29. The highest BCUT2D eigenvalue weighted by Gasteiger charge is 2.28. The molecule has 1 aromatic heterocycles. The molecule has 1 atom stereocenters. The lowest BCUT2D eigenvalue weighted by Gasteiger charge is -2.31. The van der Waals surface area contributed by atoms with Gasteiger partial charge in [0.15, 0.2) is 5.16 Å². The van der Waals surface area contributed by atoms with E-state index in [9.17, 15) is 14.4 Å². The summed E-state index contributed by atoms with van der Waals surface area (Å²) in [6.07, 6.45) is 1.91. The number of benzene rings is 2. The van der Waals surface area contributed by atoms with Crippen molar-refractivity contribution in [1.82, 2.24) is 25.7 Å². The topological polar surface area (TPSA) is 107 Å². The number of likely N-dealkylation sites (tertiary alicyclic amines) is 1. The Morgan fingerprint density at radius 3 is 2.67 bits per heavy atom. The Morgan fingerprint density at radius 2 is 1.91 bits per heavy atom. The average molecular weight is 466 g/mol. The summed E-state index contributed by atoms with van der Waals surface area (Å²) in [5.74, 6) is -0.192. The van der Waals surface area contributed by atoms with Crippen molar-refractivity contribution in [2.45, 2.75) is 37.1 Å². The molecular weight excluding hydrogens is 438 g/mol. The molecule has 3 amide bonds. The molecule has 33 heavy (non-hydrogen) atoms. The van der Waals surface area contributed by atoms with Crippen LogP contribution in [0.3, 0.4) is 0 Å². The molecular formula is C24H27N5O3S. The molecule has 2 heterocycles. The zero-order valence-corrected chi connectivity index (χ0v) is 19.3.